The number of rotatable bonds is 6. The smallest absolute Gasteiger partial charge is 0.326 e. The molecule has 6 heteroatoms. The number of carbonyl (C=O) groups excluding carboxylic acids is 1. The molecule has 1 amide bonds. The number of hydrogen-bond acceptors (Lipinski definition) is 4. The van der Waals surface area contributed by atoms with E-state index in [-0.39, 0.29) is 25.3 Å². The van der Waals surface area contributed by atoms with Crippen LogP contribution in [0.5, 0.6) is 0 Å². The van der Waals surface area contributed by atoms with Crippen LogP contribution in [0.2, 0.25) is 0 Å². The van der Waals surface area contributed by atoms with Crippen LogP contribution < -0.4 is 0 Å². The fraction of sp³-hybridized carbons (Fsp3) is 0.818. The van der Waals surface area contributed by atoms with Crippen molar-refractivity contribution in [1.29, 1.82) is 0 Å². The number of aliphatic hydroxyl groups excluding tert-OH is 1. The number of hydrogen-bond donors (Lipinski definition) is 2. The van der Waals surface area contributed by atoms with Gasteiger partial charge in [-0.25, -0.2) is 4.79 Å². The fourth-order valence-electron chi connectivity index (χ4n) is 1.94. The molecule has 0 aromatic rings. The largest absolute Gasteiger partial charge is 0.480 e. The monoisotopic (exact) mass is 245 g/mol. The van der Waals surface area contributed by atoms with Gasteiger partial charge in [-0.2, -0.15) is 0 Å². The van der Waals surface area contributed by atoms with Gasteiger partial charge in [0.05, 0.1) is 6.10 Å². The third kappa shape index (κ3) is 3.98. The molecule has 0 bridgehead atoms. The summed E-state index contributed by atoms with van der Waals surface area (Å²) in [6, 6.07) is -0.885. The molecule has 0 radical (unpaired) electrons. The van der Waals surface area contributed by atoms with Gasteiger partial charge in [0, 0.05) is 32.6 Å². The number of carboxylic acid groups (broad SMARTS) is 1. The molecule has 1 saturated heterocycles. The molecule has 17 heavy (non-hydrogen) atoms. The normalized spacial score (nSPS) is 24.0. The zero-order valence-electron chi connectivity index (χ0n) is 9.96. The molecule has 0 aromatic carbocycles. The van der Waals surface area contributed by atoms with Crippen LogP contribution in [0, 0.1) is 0 Å². The third-order valence-electron chi connectivity index (χ3n) is 2.77. The van der Waals surface area contributed by atoms with Crippen LogP contribution in [0.1, 0.15) is 26.2 Å². The highest BCUT2D eigenvalue weighted by Gasteiger charge is 2.38. The highest BCUT2D eigenvalue weighted by atomic mass is 16.5. The molecule has 0 spiro atoms. The molecule has 1 fully saturated rings. The third-order valence-corrected chi connectivity index (χ3v) is 2.77. The lowest BCUT2D eigenvalue weighted by Crippen LogP contribution is -2.40. The highest BCUT2D eigenvalue weighted by Crippen LogP contribution is 2.19. The summed E-state index contributed by atoms with van der Waals surface area (Å²) in [6.45, 7) is 3.09. The van der Waals surface area contributed by atoms with Crippen molar-refractivity contribution in [2.45, 2.75) is 38.3 Å². The van der Waals surface area contributed by atoms with E-state index in [2.05, 4.69) is 0 Å². The second-order valence-corrected chi connectivity index (χ2v) is 4.09. The van der Waals surface area contributed by atoms with Gasteiger partial charge in [-0.1, -0.05) is 0 Å². The van der Waals surface area contributed by atoms with E-state index in [0.29, 0.717) is 19.6 Å². The van der Waals surface area contributed by atoms with Crippen molar-refractivity contribution in [3.05, 3.63) is 0 Å². The SMILES string of the molecule is CCOCCCC(=O)N1CC(O)CC1C(=O)O. The van der Waals surface area contributed by atoms with Gasteiger partial charge >= 0.3 is 5.97 Å². The Morgan fingerprint density at radius 1 is 1.47 bits per heavy atom. The zero-order valence-corrected chi connectivity index (χ0v) is 9.96. The van der Waals surface area contributed by atoms with Gasteiger partial charge in [0.2, 0.25) is 5.91 Å². The van der Waals surface area contributed by atoms with E-state index >= 15 is 0 Å². The van der Waals surface area contributed by atoms with Crippen LogP contribution in [0.4, 0.5) is 0 Å². The van der Waals surface area contributed by atoms with Gasteiger partial charge in [-0.15, -0.1) is 0 Å². The Labute approximate surface area is 100 Å². The first-order valence-electron chi connectivity index (χ1n) is 5.84. The summed E-state index contributed by atoms with van der Waals surface area (Å²) in [5.74, 6) is -1.28. The summed E-state index contributed by atoms with van der Waals surface area (Å²) in [5, 5.41) is 18.3. The number of aliphatic carboxylic acids is 1. The maximum absolute atomic E-state index is 11.8. The first-order chi connectivity index (χ1) is 8.06. The Hall–Kier alpha value is -1.14. The Bertz CT molecular complexity index is 281. The second-order valence-electron chi connectivity index (χ2n) is 4.09. The van der Waals surface area contributed by atoms with Gasteiger partial charge in [0.25, 0.3) is 0 Å². The van der Waals surface area contributed by atoms with Gasteiger partial charge < -0.3 is 19.8 Å². The quantitative estimate of drug-likeness (QED) is 0.635. The zero-order chi connectivity index (χ0) is 12.8. The van der Waals surface area contributed by atoms with E-state index in [1.165, 1.54) is 4.90 Å². The summed E-state index contributed by atoms with van der Waals surface area (Å²) >= 11 is 0. The van der Waals surface area contributed by atoms with Gasteiger partial charge in [0.1, 0.15) is 6.04 Å². The lowest BCUT2D eigenvalue weighted by Gasteiger charge is -2.21. The van der Waals surface area contributed by atoms with E-state index in [9.17, 15) is 14.7 Å². The van der Waals surface area contributed by atoms with E-state index in [0.717, 1.165) is 0 Å². The number of nitrogens with zero attached hydrogens (tertiary/aromatic N) is 1. The number of β-amino-alcohol motifs (C(OH)–C–C–N with tert-alkyl or cyclic N) is 1. The molecule has 0 aromatic heterocycles. The van der Waals surface area contributed by atoms with Crippen molar-refractivity contribution in [3.8, 4) is 0 Å². The average molecular weight is 245 g/mol. The lowest BCUT2D eigenvalue weighted by atomic mass is 10.2. The Balaban J connectivity index is 2.41. The minimum atomic E-state index is -1.06. The van der Waals surface area contributed by atoms with Crippen LogP contribution in [0.25, 0.3) is 0 Å². The summed E-state index contributed by atoms with van der Waals surface area (Å²) in [7, 11) is 0. The predicted molar refractivity (Wildman–Crippen MR) is 59.5 cm³/mol. The number of ether oxygens (including phenoxy) is 1. The van der Waals surface area contributed by atoms with E-state index in [1.807, 2.05) is 6.92 Å². The van der Waals surface area contributed by atoms with Crippen molar-refractivity contribution >= 4 is 11.9 Å². The van der Waals surface area contributed by atoms with Crippen molar-refractivity contribution in [1.82, 2.24) is 4.90 Å². The molecule has 98 valence electrons. The summed E-state index contributed by atoms with van der Waals surface area (Å²) in [4.78, 5) is 23.9. The molecular weight excluding hydrogens is 226 g/mol. The number of aliphatic hydroxyl groups is 1. The van der Waals surface area contributed by atoms with Crippen LogP contribution in [-0.4, -0.2) is 58.9 Å². The maximum atomic E-state index is 11.8. The number of likely N-dealkylation sites (tertiary alicyclic amines) is 1. The first kappa shape index (κ1) is 13.9. The van der Waals surface area contributed by atoms with Crippen LogP contribution in [0.3, 0.4) is 0 Å². The summed E-state index contributed by atoms with van der Waals surface area (Å²) in [5.41, 5.74) is 0. The van der Waals surface area contributed by atoms with E-state index < -0.39 is 18.1 Å². The second kappa shape index (κ2) is 6.56. The minimum Gasteiger partial charge on any atom is -0.480 e. The van der Waals surface area contributed by atoms with Crippen molar-refractivity contribution in [3.63, 3.8) is 0 Å². The highest BCUT2D eigenvalue weighted by molar-refractivity contribution is 5.84. The molecule has 1 aliphatic heterocycles. The Kier molecular flexibility index (Phi) is 5.37. The molecule has 2 unspecified atom stereocenters. The minimum absolute atomic E-state index is 0.116. The summed E-state index contributed by atoms with van der Waals surface area (Å²) in [6.07, 6.45) is 0.223. The molecule has 1 aliphatic rings. The molecular formula is C11H19NO5. The van der Waals surface area contributed by atoms with Crippen molar-refractivity contribution in [2.24, 2.45) is 0 Å². The van der Waals surface area contributed by atoms with Crippen LogP contribution in [-0.2, 0) is 14.3 Å². The molecule has 1 heterocycles. The maximum Gasteiger partial charge on any atom is 0.326 e. The summed E-state index contributed by atoms with van der Waals surface area (Å²) < 4.78 is 5.11. The molecule has 0 saturated carbocycles. The molecule has 2 atom stereocenters. The van der Waals surface area contributed by atoms with Gasteiger partial charge in [0.15, 0.2) is 0 Å². The standard InChI is InChI=1S/C11H19NO5/c1-2-17-5-3-4-10(14)12-7-8(13)6-9(12)11(15)16/h8-9,13H,2-7H2,1H3,(H,15,16). The number of carboxylic acids is 1. The lowest BCUT2D eigenvalue weighted by molar-refractivity contribution is -0.148. The molecule has 0 aliphatic carbocycles. The van der Waals surface area contributed by atoms with Gasteiger partial charge in [-0.3, -0.25) is 4.79 Å². The number of amides is 1. The predicted octanol–water partition coefficient (Wildman–Crippen LogP) is -0.151. The Morgan fingerprint density at radius 2 is 2.18 bits per heavy atom. The molecule has 1 rings (SSSR count). The molecule has 6 nitrogen and oxygen atoms in total. The van der Waals surface area contributed by atoms with Crippen molar-refractivity contribution in [2.75, 3.05) is 19.8 Å². The van der Waals surface area contributed by atoms with Crippen LogP contribution in [0.15, 0.2) is 0 Å². The Morgan fingerprint density at radius 3 is 2.76 bits per heavy atom. The average Bonchev–Trinajstić information content (AvgIpc) is 2.66. The van der Waals surface area contributed by atoms with E-state index in [4.69, 9.17) is 9.84 Å². The molecule has 2 N–H and O–H groups in total. The number of carbonyl (C=O) groups is 2. The van der Waals surface area contributed by atoms with Gasteiger partial charge in [-0.05, 0) is 13.3 Å². The fourth-order valence-corrected chi connectivity index (χ4v) is 1.94. The van der Waals surface area contributed by atoms with Crippen molar-refractivity contribution < 1.29 is 24.5 Å². The van der Waals surface area contributed by atoms with E-state index in [1.54, 1.807) is 0 Å². The van der Waals surface area contributed by atoms with Crippen LogP contribution >= 0.6 is 0 Å². The topological polar surface area (TPSA) is 87.1 Å². The first-order valence-corrected chi connectivity index (χ1v) is 5.84.